The number of nitrogens with one attached hydrogen (secondary N) is 1. The van der Waals surface area contributed by atoms with Crippen LogP contribution in [0.2, 0.25) is 0 Å². The van der Waals surface area contributed by atoms with Crippen molar-refractivity contribution in [1.82, 2.24) is 4.98 Å². The molecule has 16 heavy (non-hydrogen) atoms. The average Bonchev–Trinajstić information content (AvgIpc) is 2.29. The van der Waals surface area contributed by atoms with E-state index < -0.39 is 17.9 Å². The number of pyridine rings is 1. The Morgan fingerprint density at radius 2 is 2.38 bits per heavy atom. The maximum Gasteiger partial charge on any atom is 0.332 e. The molecule has 0 spiro atoms. The molecular weight excluding hydrogens is 210 g/mol. The Kier molecular flexibility index (Phi) is 4.41. The Bertz CT molecular complexity index is 367. The van der Waals surface area contributed by atoms with Gasteiger partial charge in [-0.15, -0.1) is 0 Å². The van der Waals surface area contributed by atoms with Crippen molar-refractivity contribution in [3.05, 3.63) is 24.5 Å². The molecule has 86 valence electrons. The van der Waals surface area contributed by atoms with Gasteiger partial charge in [-0.3, -0.25) is 9.78 Å². The Morgan fingerprint density at radius 1 is 1.62 bits per heavy atom. The van der Waals surface area contributed by atoms with E-state index in [4.69, 9.17) is 5.73 Å². The van der Waals surface area contributed by atoms with Gasteiger partial charge < -0.3 is 15.8 Å². The molecule has 1 rings (SSSR count). The zero-order valence-electron chi connectivity index (χ0n) is 8.84. The van der Waals surface area contributed by atoms with Crippen LogP contribution in [0.15, 0.2) is 24.5 Å². The van der Waals surface area contributed by atoms with Gasteiger partial charge in [-0.1, -0.05) is 0 Å². The van der Waals surface area contributed by atoms with E-state index in [-0.39, 0.29) is 6.61 Å². The maximum atomic E-state index is 11.5. The van der Waals surface area contributed by atoms with Crippen molar-refractivity contribution >= 4 is 17.6 Å². The van der Waals surface area contributed by atoms with Crippen molar-refractivity contribution in [2.24, 2.45) is 5.73 Å². The second kappa shape index (κ2) is 5.82. The molecule has 0 aliphatic rings. The monoisotopic (exact) mass is 223 g/mol. The van der Waals surface area contributed by atoms with Gasteiger partial charge in [0.05, 0.1) is 18.5 Å². The fourth-order valence-corrected chi connectivity index (χ4v) is 0.996. The summed E-state index contributed by atoms with van der Waals surface area (Å²) in [6.07, 6.45) is 3.02. The van der Waals surface area contributed by atoms with E-state index in [0.29, 0.717) is 5.69 Å². The summed E-state index contributed by atoms with van der Waals surface area (Å²) in [7, 11) is 0. The summed E-state index contributed by atoms with van der Waals surface area (Å²) in [5.74, 6) is -1.37. The van der Waals surface area contributed by atoms with Crippen molar-refractivity contribution < 1.29 is 14.3 Å². The fourth-order valence-electron chi connectivity index (χ4n) is 0.996. The van der Waals surface area contributed by atoms with Gasteiger partial charge in [-0.25, -0.2) is 4.79 Å². The van der Waals surface area contributed by atoms with E-state index in [9.17, 15) is 9.59 Å². The topological polar surface area (TPSA) is 94.3 Å². The lowest BCUT2D eigenvalue weighted by molar-refractivity contribution is -0.146. The fraction of sp³-hybridized carbons (Fsp3) is 0.300. The van der Waals surface area contributed by atoms with Crippen molar-refractivity contribution in [2.45, 2.75) is 13.0 Å². The molecular formula is C10H13N3O3. The molecule has 0 aromatic carbocycles. The van der Waals surface area contributed by atoms with Crippen LogP contribution in [0.4, 0.5) is 5.69 Å². The Hall–Kier alpha value is -1.95. The number of hydrogen-bond acceptors (Lipinski definition) is 5. The number of ether oxygens (including phenoxy) is 1. The van der Waals surface area contributed by atoms with Gasteiger partial charge in [0.25, 0.3) is 5.91 Å². The Morgan fingerprint density at radius 3 is 2.94 bits per heavy atom. The minimum absolute atomic E-state index is 0.187. The van der Waals surface area contributed by atoms with Crippen LogP contribution in [0.3, 0.4) is 0 Å². The molecule has 1 heterocycles. The quantitative estimate of drug-likeness (QED) is 0.549. The first kappa shape index (κ1) is 12.1. The highest BCUT2D eigenvalue weighted by molar-refractivity contribution is 6.08. The van der Waals surface area contributed by atoms with Crippen molar-refractivity contribution in [3.63, 3.8) is 0 Å². The van der Waals surface area contributed by atoms with Crippen LogP contribution >= 0.6 is 0 Å². The van der Waals surface area contributed by atoms with Crippen LogP contribution < -0.4 is 11.1 Å². The Labute approximate surface area is 92.8 Å². The highest BCUT2D eigenvalue weighted by Gasteiger charge is 2.23. The van der Waals surface area contributed by atoms with Gasteiger partial charge in [-0.2, -0.15) is 0 Å². The normalized spacial score (nSPS) is 11.6. The van der Waals surface area contributed by atoms with E-state index in [0.717, 1.165) is 0 Å². The van der Waals surface area contributed by atoms with Crippen LogP contribution in [0, 0.1) is 0 Å². The van der Waals surface area contributed by atoms with Crippen molar-refractivity contribution in [2.75, 3.05) is 11.9 Å². The van der Waals surface area contributed by atoms with Gasteiger partial charge in [0, 0.05) is 6.20 Å². The highest BCUT2D eigenvalue weighted by atomic mass is 16.5. The van der Waals surface area contributed by atoms with Crippen LogP contribution in [-0.2, 0) is 14.3 Å². The molecule has 1 amide bonds. The summed E-state index contributed by atoms with van der Waals surface area (Å²) in [4.78, 5) is 26.4. The lowest BCUT2D eigenvalue weighted by Gasteiger charge is -2.10. The predicted molar refractivity (Wildman–Crippen MR) is 57.5 cm³/mol. The average molecular weight is 223 g/mol. The Balaban J connectivity index is 2.56. The third-order valence-corrected chi connectivity index (χ3v) is 1.75. The molecule has 3 N–H and O–H groups in total. The predicted octanol–water partition coefficient (Wildman–Crippen LogP) is -0.0895. The molecule has 1 unspecified atom stereocenters. The van der Waals surface area contributed by atoms with Crippen molar-refractivity contribution in [3.8, 4) is 0 Å². The minimum Gasteiger partial charge on any atom is -0.464 e. The van der Waals surface area contributed by atoms with E-state index in [2.05, 4.69) is 15.0 Å². The number of nitrogens with two attached hydrogens (primary N) is 1. The molecule has 1 atom stereocenters. The van der Waals surface area contributed by atoms with Crippen LogP contribution in [-0.4, -0.2) is 29.5 Å². The molecule has 0 radical (unpaired) electrons. The van der Waals surface area contributed by atoms with E-state index in [1.807, 2.05) is 0 Å². The highest BCUT2D eigenvalue weighted by Crippen LogP contribution is 2.03. The van der Waals surface area contributed by atoms with Crippen LogP contribution in [0.25, 0.3) is 0 Å². The second-order valence-electron chi connectivity index (χ2n) is 2.96. The number of carbonyl (C=O) groups excluding carboxylic acids is 2. The van der Waals surface area contributed by atoms with Gasteiger partial charge in [0.1, 0.15) is 0 Å². The first-order chi connectivity index (χ1) is 7.65. The summed E-state index contributed by atoms with van der Waals surface area (Å²) >= 11 is 0. The molecule has 0 saturated heterocycles. The van der Waals surface area contributed by atoms with E-state index in [1.165, 1.54) is 6.20 Å². The third kappa shape index (κ3) is 3.32. The van der Waals surface area contributed by atoms with E-state index >= 15 is 0 Å². The molecule has 1 aromatic heterocycles. The first-order valence-electron chi connectivity index (χ1n) is 4.78. The number of aromatic nitrogens is 1. The lowest BCUT2D eigenvalue weighted by atomic mass is 10.3. The van der Waals surface area contributed by atoms with Crippen molar-refractivity contribution in [1.29, 1.82) is 0 Å². The molecule has 0 aliphatic carbocycles. The molecule has 0 aliphatic heterocycles. The standard InChI is InChI=1S/C10H13N3O3/c1-2-16-10(15)8(11)9(14)13-7-4-3-5-12-6-7/h3-6,8H,2,11H2,1H3,(H,13,14). The summed E-state index contributed by atoms with van der Waals surface area (Å²) < 4.78 is 4.62. The number of esters is 1. The zero-order valence-corrected chi connectivity index (χ0v) is 8.84. The minimum atomic E-state index is -1.32. The molecule has 0 bridgehead atoms. The number of hydrogen-bond donors (Lipinski definition) is 2. The SMILES string of the molecule is CCOC(=O)C(N)C(=O)Nc1cccnc1. The maximum absolute atomic E-state index is 11.5. The smallest absolute Gasteiger partial charge is 0.332 e. The summed E-state index contributed by atoms with van der Waals surface area (Å²) in [5, 5.41) is 2.45. The third-order valence-electron chi connectivity index (χ3n) is 1.75. The second-order valence-corrected chi connectivity index (χ2v) is 2.96. The van der Waals surface area contributed by atoms with E-state index in [1.54, 1.807) is 25.3 Å². The van der Waals surface area contributed by atoms with Crippen LogP contribution in [0.1, 0.15) is 6.92 Å². The summed E-state index contributed by atoms with van der Waals surface area (Å²) in [6.45, 7) is 1.83. The number of amides is 1. The van der Waals surface area contributed by atoms with Gasteiger partial charge >= 0.3 is 5.97 Å². The molecule has 0 saturated carbocycles. The molecule has 6 nitrogen and oxygen atoms in total. The largest absolute Gasteiger partial charge is 0.464 e. The number of anilines is 1. The number of carbonyl (C=O) groups is 2. The summed E-state index contributed by atoms with van der Waals surface area (Å²) in [5.41, 5.74) is 5.87. The molecule has 0 fully saturated rings. The first-order valence-corrected chi connectivity index (χ1v) is 4.78. The van der Waals surface area contributed by atoms with Crippen LogP contribution in [0.5, 0.6) is 0 Å². The van der Waals surface area contributed by atoms with Gasteiger partial charge in [-0.05, 0) is 19.1 Å². The number of nitrogens with zero attached hydrogens (tertiary/aromatic N) is 1. The van der Waals surface area contributed by atoms with Gasteiger partial charge in [0.15, 0.2) is 6.04 Å². The van der Waals surface area contributed by atoms with Gasteiger partial charge in [0.2, 0.25) is 0 Å². The zero-order chi connectivity index (χ0) is 12.0. The molecule has 6 heteroatoms. The lowest BCUT2D eigenvalue weighted by Crippen LogP contribution is -2.43. The summed E-state index contributed by atoms with van der Waals surface area (Å²) in [6, 6.07) is 1.98. The molecule has 1 aromatic rings. The number of rotatable bonds is 4.